The van der Waals surface area contributed by atoms with Crippen LogP contribution < -0.4 is 5.32 Å². The van der Waals surface area contributed by atoms with Crippen molar-refractivity contribution in [2.75, 3.05) is 18.5 Å². The molecular weight excluding hydrogens is 252 g/mol. The number of nitro benzene ring substituents is 1. The van der Waals surface area contributed by atoms with Crippen molar-refractivity contribution in [2.45, 2.75) is 18.9 Å². The van der Waals surface area contributed by atoms with Crippen LogP contribution in [0, 0.1) is 10.1 Å². The third-order valence-electron chi connectivity index (χ3n) is 3.03. The number of benzene rings is 1. The molecule has 0 radical (unpaired) electrons. The Bertz CT molecular complexity index is 497. The zero-order chi connectivity index (χ0) is 13.8. The van der Waals surface area contributed by atoms with E-state index < -0.39 is 10.9 Å². The average Bonchev–Trinajstić information content (AvgIpc) is 2.39. The van der Waals surface area contributed by atoms with Gasteiger partial charge in [-0.1, -0.05) is 0 Å². The molecule has 1 aliphatic rings. The van der Waals surface area contributed by atoms with Crippen LogP contribution in [0.2, 0.25) is 0 Å². The predicted molar refractivity (Wildman–Crippen MR) is 67.5 cm³/mol. The van der Waals surface area contributed by atoms with Crippen LogP contribution in [-0.4, -0.2) is 35.3 Å². The van der Waals surface area contributed by atoms with Crippen LogP contribution in [0.1, 0.15) is 23.2 Å². The van der Waals surface area contributed by atoms with Crippen molar-refractivity contribution in [3.8, 4) is 0 Å². The first-order valence-corrected chi connectivity index (χ1v) is 5.94. The maximum absolute atomic E-state index is 11.1. The monoisotopic (exact) mass is 266 g/mol. The summed E-state index contributed by atoms with van der Waals surface area (Å²) in [5.41, 5.74) is 0.199. The standard InChI is InChI=1S/C12H14N2O5/c15-12(16)10-2-1-9(14(17)18)7-11(10)13-8-3-5-19-6-4-8/h1-2,7-8,13H,3-6H2,(H,15,16). The molecule has 0 saturated carbocycles. The number of nitrogens with zero attached hydrogens (tertiary/aromatic N) is 1. The minimum absolute atomic E-state index is 0.0390. The minimum atomic E-state index is -1.11. The molecule has 7 heteroatoms. The number of nitro groups is 1. The van der Waals surface area contributed by atoms with Crippen LogP contribution in [0.3, 0.4) is 0 Å². The molecule has 0 atom stereocenters. The Morgan fingerprint density at radius 2 is 2.11 bits per heavy atom. The van der Waals surface area contributed by atoms with Crippen molar-refractivity contribution < 1.29 is 19.6 Å². The lowest BCUT2D eigenvalue weighted by atomic mass is 10.1. The molecule has 19 heavy (non-hydrogen) atoms. The van der Waals surface area contributed by atoms with Gasteiger partial charge >= 0.3 is 5.97 Å². The highest BCUT2D eigenvalue weighted by Crippen LogP contribution is 2.25. The maximum atomic E-state index is 11.1. The number of rotatable bonds is 4. The van der Waals surface area contributed by atoms with Gasteiger partial charge in [-0.15, -0.1) is 0 Å². The molecule has 0 bridgehead atoms. The van der Waals surface area contributed by atoms with Crippen molar-refractivity contribution >= 4 is 17.3 Å². The summed E-state index contributed by atoms with van der Waals surface area (Å²) in [6.07, 6.45) is 1.50. The van der Waals surface area contributed by atoms with Gasteiger partial charge in [-0.2, -0.15) is 0 Å². The van der Waals surface area contributed by atoms with E-state index in [4.69, 9.17) is 9.84 Å². The molecule has 7 nitrogen and oxygen atoms in total. The highest BCUT2D eigenvalue weighted by molar-refractivity contribution is 5.94. The van der Waals surface area contributed by atoms with Crippen molar-refractivity contribution in [3.63, 3.8) is 0 Å². The van der Waals surface area contributed by atoms with E-state index in [0.29, 0.717) is 13.2 Å². The van der Waals surface area contributed by atoms with Crippen LogP contribution in [0.25, 0.3) is 0 Å². The van der Waals surface area contributed by atoms with E-state index >= 15 is 0 Å². The number of ether oxygens (including phenoxy) is 1. The summed E-state index contributed by atoms with van der Waals surface area (Å²) in [7, 11) is 0. The van der Waals surface area contributed by atoms with E-state index in [-0.39, 0.29) is 23.0 Å². The molecule has 0 amide bonds. The van der Waals surface area contributed by atoms with Crippen LogP contribution >= 0.6 is 0 Å². The molecule has 1 fully saturated rings. The van der Waals surface area contributed by atoms with Crippen molar-refractivity contribution in [3.05, 3.63) is 33.9 Å². The Kier molecular flexibility index (Phi) is 3.96. The van der Waals surface area contributed by atoms with Gasteiger partial charge in [-0.05, 0) is 18.9 Å². The van der Waals surface area contributed by atoms with Crippen LogP contribution in [0.4, 0.5) is 11.4 Å². The number of carbonyl (C=O) groups is 1. The van der Waals surface area contributed by atoms with Gasteiger partial charge in [-0.3, -0.25) is 10.1 Å². The summed E-state index contributed by atoms with van der Waals surface area (Å²) in [6, 6.07) is 3.79. The zero-order valence-electron chi connectivity index (χ0n) is 10.2. The average molecular weight is 266 g/mol. The third-order valence-corrected chi connectivity index (χ3v) is 3.03. The maximum Gasteiger partial charge on any atom is 0.337 e. The number of aromatic carboxylic acids is 1. The summed E-state index contributed by atoms with van der Waals surface area (Å²) in [6.45, 7) is 1.21. The number of nitrogens with one attached hydrogen (secondary N) is 1. The Labute approximate surface area is 109 Å². The van der Waals surface area contributed by atoms with Gasteiger partial charge < -0.3 is 15.2 Å². The second kappa shape index (κ2) is 5.66. The lowest BCUT2D eigenvalue weighted by Gasteiger charge is -2.24. The molecule has 1 aromatic rings. The molecule has 1 heterocycles. The van der Waals surface area contributed by atoms with Gasteiger partial charge in [0.15, 0.2) is 0 Å². The fourth-order valence-electron chi connectivity index (χ4n) is 2.01. The van der Waals surface area contributed by atoms with E-state index in [9.17, 15) is 14.9 Å². The first-order valence-electron chi connectivity index (χ1n) is 5.94. The SMILES string of the molecule is O=C(O)c1ccc([N+](=O)[O-])cc1NC1CCOCC1. The van der Waals surface area contributed by atoms with Gasteiger partial charge in [0.1, 0.15) is 0 Å². The molecule has 2 N–H and O–H groups in total. The fourth-order valence-corrected chi connectivity index (χ4v) is 2.01. The largest absolute Gasteiger partial charge is 0.478 e. The molecule has 2 rings (SSSR count). The van der Waals surface area contributed by atoms with E-state index in [1.807, 2.05) is 0 Å². The highest BCUT2D eigenvalue weighted by Gasteiger charge is 2.19. The van der Waals surface area contributed by atoms with Gasteiger partial charge in [0, 0.05) is 31.4 Å². The molecule has 0 unspecified atom stereocenters. The van der Waals surface area contributed by atoms with E-state index in [1.54, 1.807) is 0 Å². The summed E-state index contributed by atoms with van der Waals surface area (Å²) in [5.74, 6) is -1.11. The van der Waals surface area contributed by atoms with E-state index in [0.717, 1.165) is 12.8 Å². The summed E-state index contributed by atoms with van der Waals surface area (Å²) < 4.78 is 5.21. The van der Waals surface area contributed by atoms with E-state index in [1.165, 1.54) is 18.2 Å². The Balaban J connectivity index is 2.26. The predicted octanol–water partition coefficient (Wildman–Crippen LogP) is 1.88. The second-order valence-corrected chi connectivity index (χ2v) is 4.32. The highest BCUT2D eigenvalue weighted by atomic mass is 16.6. The van der Waals surface area contributed by atoms with Gasteiger partial charge in [0.2, 0.25) is 0 Å². The van der Waals surface area contributed by atoms with Gasteiger partial charge in [0.05, 0.1) is 16.2 Å². The molecule has 1 aliphatic heterocycles. The van der Waals surface area contributed by atoms with E-state index in [2.05, 4.69) is 5.32 Å². The van der Waals surface area contributed by atoms with Crippen LogP contribution in [-0.2, 0) is 4.74 Å². The normalized spacial score (nSPS) is 16.0. The lowest BCUT2D eigenvalue weighted by Crippen LogP contribution is -2.28. The minimum Gasteiger partial charge on any atom is -0.478 e. The first kappa shape index (κ1) is 13.3. The summed E-state index contributed by atoms with van der Waals surface area (Å²) in [4.78, 5) is 21.3. The van der Waals surface area contributed by atoms with Crippen molar-refractivity contribution in [1.29, 1.82) is 0 Å². The molecule has 1 aromatic carbocycles. The quantitative estimate of drug-likeness (QED) is 0.637. The third kappa shape index (κ3) is 3.19. The molecule has 0 aromatic heterocycles. The molecular formula is C12H14N2O5. The molecule has 102 valence electrons. The molecule has 1 saturated heterocycles. The first-order chi connectivity index (χ1) is 9.08. The Morgan fingerprint density at radius 1 is 1.42 bits per heavy atom. The number of carboxylic acids is 1. The summed E-state index contributed by atoms with van der Waals surface area (Å²) in [5, 5.41) is 22.9. The molecule has 0 spiro atoms. The fraction of sp³-hybridized carbons (Fsp3) is 0.417. The van der Waals surface area contributed by atoms with Crippen LogP contribution in [0.15, 0.2) is 18.2 Å². The van der Waals surface area contributed by atoms with Crippen molar-refractivity contribution in [1.82, 2.24) is 0 Å². The lowest BCUT2D eigenvalue weighted by molar-refractivity contribution is -0.384. The smallest absolute Gasteiger partial charge is 0.337 e. The number of carboxylic acid groups (broad SMARTS) is 1. The Hall–Kier alpha value is -2.15. The van der Waals surface area contributed by atoms with Crippen molar-refractivity contribution in [2.24, 2.45) is 0 Å². The zero-order valence-corrected chi connectivity index (χ0v) is 10.2. The Morgan fingerprint density at radius 3 is 2.68 bits per heavy atom. The summed E-state index contributed by atoms with van der Waals surface area (Å²) >= 11 is 0. The van der Waals surface area contributed by atoms with Gasteiger partial charge in [0.25, 0.3) is 5.69 Å². The number of non-ortho nitro benzene ring substituents is 1. The molecule has 0 aliphatic carbocycles. The second-order valence-electron chi connectivity index (χ2n) is 4.32. The topological polar surface area (TPSA) is 102 Å². The van der Waals surface area contributed by atoms with Gasteiger partial charge in [-0.25, -0.2) is 4.79 Å². The van der Waals surface area contributed by atoms with Crippen LogP contribution in [0.5, 0.6) is 0 Å². The number of hydrogen-bond donors (Lipinski definition) is 2. The number of anilines is 1. The number of hydrogen-bond acceptors (Lipinski definition) is 5.